The molecule has 8 heteroatoms. The average Bonchev–Trinajstić information content (AvgIpc) is 3.06. The first-order valence-corrected chi connectivity index (χ1v) is 9.66. The van der Waals surface area contributed by atoms with Crippen LogP contribution >= 0.6 is 0 Å². The molecule has 2 aromatic carbocycles. The molecule has 1 heterocycles. The van der Waals surface area contributed by atoms with Gasteiger partial charge in [0.15, 0.2) is 0 Å². The van der Waals surface area contributed by atoms with Crippen LogP contribution in [0.15, 0.2) is 58.4 Å². The quantitative estimate of drug-likeness (QED) is 0.772. The smallest absolute Gasteiger partial charge is 0.282 e. The lowest BCUT2D eigenvalue weighted by atomic mass is 10.1. The van der Waals surface area contributed by atoms with Crippen LogP contribution in [0, 0.1) is 0 Å². The summed E-state index contributed by atoms with van der Waals surface area (Å²) in [6, 6.07) is 13.9. The molecule has 1 atom stereocenters. The number of sulfonamides is 1. The number of nitrogens with one attached hydrogen (secondary N) is 1. The van der Waals surface area contributed by atoms with Gasteiger partial charge >= 0.3 is 0 Å². The molecule has 26 heavy (non-hydrogen) atoms. The van der Waals surface area contributed by atoms with Gasteiger partial charge in [-0.2, -0.15) is 0 Å². The Labute approximate surface area is 152 Å². The fourth-order valence-corrected chi connectivity index (χ4v) is 3.68. The zero-order chi connectivity index (χ0) is 18.6. The van der Waals surface area contributed by atoms with E-state index in [0.717, 1.165) is 18.4 Å². The number of anilines is 1. The average molecular weight is 375 g/mol. The van der Waals surface area contributed by atoms with Crippen LogP contribution in [0.1, 0.15) is 12.0 Å². The number of rotatable bonds is 7. The molecular formula is C18H21N3O4S. The summed E-state index contributed by atoms with van der Waals surface area (Å²) in [6.07, 6.45) is 1.65. The van der Waals surface area contributed by atoms with Gasteiger partial charge in [-0.05, 0) is 54.8 Å². The van der Waals surface area contributed by atoms with Gasteiger partial charge in [-0.3, -0.25) is 4.72 Å². The van der Waals surface area contributed by atoms with Crippen molar-refractivity contribution in [3.63, 3.8) is 0 Å². The van der Waals surface area contributed by atoms with Gasteiger partial charge in [-0.1, -0.05) is 12.1 Å². The summed E-state index contributed by atoms with van der Waals surface area (Å²) in [4.78, 5) is 4.37. The van der Waals surface area contributed by atoms with E-state index < -0.39 is 10.0 Å². The highest BCUT2D eigenvalue weighted by atomic mass is 32.2. The van der Waals surface area contributed by atoms with Crippen molar-refractivity contribution in [3.05, 3.63) is 54.1 Å². The molecule has 138 valence electrons. The minimum absolute atomic E-state index is 0.0863. The highest BCUT2D eigenvalue weighted by Crippen LogP contribution is 2.20. The Bertz CT molecular complexity index is 878. The molecule has 0 spiro atoms. The van der Waals surface area contributed by atoms with Gasteiger partial charge in [0, 0.05) is 5.69 Å². The van der Waals surface area contributed by atoms with Gasteiger partial charge in [-0.15, -0.1) is 0 Å². The van der Waals surface area contributed by atoms with Gasteiger partial charge in [0.1, 0.15) is 12.4 Å². The standard InChI is InChI=1S/C18H21N3O4S/c1-24-16-8-10-17(11-9-16)26(22,23)21-14-5-2-13(3-6-14)4-7-15-12-25-18(19)20-15/h2-3,5-6,8-11,15,21H,4,7,12H2,1H3,(H2,19,20)/t15-/m0/s1. The number of hydrogen-bond acceptors (Lipinski definition) is 6. The Hall–Kier alpha value is -2.74. The van der Waals surface area contributed by atoms with E-state index in [9.17, 15) is 8.42 Å². The van der Waals surface area contributed by atoms with Crippen LogP contribution in [0.2, 0.25) is 0 Å². The van der Waals surface area contributed by atoms with E-state index >= 15 is 0 Å². The van der Waals surface area contributed by atoms with E-state index in [0.29, 0.717) is 18.0 Å². The van der Waals surface area contributed by atoms with E-state index in [4.69, 9.17) is 15.2 Å². The van der Waals surface area contributed by atoms with Crippen LogP contribution in [0.4, 0.5) is 5.69 Å². The lowest BCUT2D eigenvalue weighted by Gasteiger charge is -2.10. The summed E-state index contributed by atoms with van der Waals surface area (Å²) in [5, 5.41) is 0. The van der Waals surface area contributed by atoms with Gasteiger partial charge in [0.25, 0.3) is 16.0 Å². The SMILES string of the molecule is COc1ccc(S(=O)(=O)Nc2ccc(CC[C@H]3COC(N)=N3)cc2)cc1. The summed E-state index contributed by atoms with van der Waals surface area (Å²) in [6.45, 7) is 0.519. The van der Waals surface area contributed by atoms with Crippen molar-refractivity contribution in [2.75, 3.05) is 18.4 Å². The molecule has 3 N–H and O–H groups in total. The van der Waals surface area contributed by atoms with Crippen molar-refractivity contribution in [1.82, 2.24) is 0 Å². The van der Waals surface area contributed by atoms with Crippen LogP contribution in [0.5, 0.6) is 5.75 Å². The summed E-state index contributed by atoms with van der Waals surface area (Å²) in [7, 11) is -2.10. The molecule has 1 aliphatic heterocycles. The monoisotopic (exact) mass is 375 g/mol. The molecule has 0 fully saturated rings. The van der Waals surface area contributed by atoms with Gasteiger partial charge in [0.2, 0.25) is 0 Å². The molecular weight excluding hydrogens is 354 g/mol. The fraction of sp³-hybridized carbons (Fsp3) is 0.278. The maximum atomic E-state index is 12.4. The summed E-state index contributed by atoms with van der Waals surface area (Å²) < 4.78 is 37.6. The topological polar surface area (TPSA) is 103 Å². The lowest BCUT2D eigenvalue weighted by molar-refractivity contribution is 0.308. The third-order valence-electron chi connectivity index (χ3n) is 4.08. The highest BCUT2D eigenvalue weighted by Gasteiger charge is 2.17. The molecule has 0 bridgehead atoms. The van der Waals surface area contributed by atoms with Crippen molar-refractivity contribution in [3.8, 4) is 5.75 Å². The van der Waals surface area contributed by atoms with Crippen molar-refractivity contribution in [2.45, 2.75) is 23.8 Å². The second-order valence-electron chi connectivity index (χ2n) is 5.95. The van der Waals surface area contributed by atoms with Crippen molar-refractivity contribution in [1.29, 1.82) is 0 Å². The largest absolute Gasteiger partial charge is 0.497 e. The molecule has 0 radical (unpaired) electrons. The Kier molecular flexibility index (Phi) is 5.32. The van der Waals surface area contributed by atoms with Crippen molar-refractivity contribution >= 4 is 21.7 Å². The maximum Gasteiger partial charge on any atom is 0.282 e. The second-order valence-corrected chi connectivity index (χ2v) is 7.63. The van der Waals surface area contributed by atoms with Crippen LogP contribution in [-0.2, 0) is 21.2 Å². The molecule has 1 aliphatic rings. The molecule has 0 saturated carbocycles. The molecule has 3 rings (SSSR count). The maximum absolute atomic E-state index is 12.4. The van der Waals surface area contributed by atoms with E-state index in [1.54, 1.807) is 24.3 Å². The molecule has 0 saturated heterocycles. The molecule has 0 aliphatic carbocycles. The first-order chi connectivity index (χ1) is 12.5. The number of aliphatic imine (C=N–C) groups is 1. The van der Waals surface area contributed by atoms with Gasteiger partial charge in [-0.25, -0.2) is 13.4 Å². The Morgan fingerprint density at radius 1 is 1.19 bits per heavy atom. The lowest BCUT2D eigenvalue weighted by Crippen LogP contribution is -2.13. The van der Waals surface area contributed by atoms with E-state index in [1.807, 2.05) is 12.1 Å². The van der Waals surface area contributed by atoms with Gasteiger partial charge in [0.05, 0.1) is 18.0 Å². The minimum Gasteiger partial charge on any atom is -0.497 e. The van der Waals surface area contributed by atoms with Crippen LogP contribution < -0.4 is 15.2 Å². The predicted molar refractivity (Wildman–Crippen MR) is 99.9 cm³/mol. The summed E-state index contributed by atoms with van der Waals surface area (Å²) in [5.74, 6) is 0.604. The zero-order valence-corrected chi connectivity index (χ0v) is 15.2. The molecule has 0 unspecified atom stereocenters. The molecule has 2 aromatic rings. The molecule has 0 amide bonds. The van der Waals surface area contributed by atoms with Crippen molar-refractivity contribution in [2.24, 2.45) is 10.7 Å². The Balaban J connectivity index is 1.60. The van der Waals surface area contributed by atoms with Crippen molar-refractivity contribution < 1.29 is 17.9 Å². The third-order valence-corrected chi connectivity index (χ3v) is 5.47. The molecule has 0 aromatic heterocycles. The Morgan fingerprint density at radius 2 is 1.88 bits per heavy atom. The first kappa shape index (κ1) is 18.1. The number of hydrogen-bond donors (Lipinski definition) is 2. The number of benzene rings is 2. The highest BCUT2D eigenvalue weighted by molar-refractivity contribution is 7.92. The Morgan fingerprint density at radius 3 is 2.46 bits per heavy atom. The predicted octanol–water partition coefficient (Wildman–Crippen LogP) is 2.14. The number of amidine groups is 1. The van der Waals surface area contributed by atoms with Crippen LogP contribution in [0.3, 0.4) is 0 Å². The first-order valence-electron chi connectivity index (χ1n) is 8.18. The van der Waals surface area contributed by atoms with E-state index in [1.165, 1.54) is 19.2 Å². The number of ether oxygens (including phenoxy) is 2. The zero-order valence-electron chi connectivity index (χ0n) is 14.4. The summed E-state index contributed by atoms with van der Waals surface area (Å²) in [5.41, 5.74) is 7.10. The van der Waals surface area contributed by atoms with E-state index in [-0.39, 0.29) is 17.0 Å². The molecule has 7 nitrogen and oxygen atoms in total. The van der Waals surface area contributed by atoms with Crippen LogP contribution in [-0.4, -0.2) is 34.2 Å². The number of methoxy groups -OCH3 is 1. The second kappa shape index (κ2) is 7.65. The van der Waals surface area contributed by atoms with Gasteiger partial charge < -0.3 is 15.2 Å². The summed E-state index contributed by atoms with van der Waals surface area (Å²) >= 11 is 0. The minimum atomic E-state index is -3.64. The number of nitrogens with zero attached hydrogens (tertiary/aromatic N) is 1. The third kappa shape index (κ3) is 4.45. The normalized spacial score (nSPS) is 16.7. The fourth-order valence-electron chi connectivity index (χ4n) is 2.63. The number of aryl methyl sites for hydroxylation is 1. The van der Waals surface area contributed by atoms with Crippen LogP contribution in [0.25, 0.3) is 0 Å². The number of nitrogens with two attached hydrogens (primary N) is 1. The van der Waals surface area contributed by atoms with E-state index in [2.05, 4.69) is 9.71 Å².